The van der Waals surface area contributed by atoms with E-state index in [1.54, 1.807) is 18.2 Å². The van der Waals surface area contributed by atoms with Gasteiger partial charge in [-0.2, -0.15) is 0 Å². The number of carbonyl (C=O) groups is 1. The SMILES string of the molecule is Cc1ccc(-n2c(Cc3cccc4ccccc34)nnc2SCC(=O)Nc2ccc3[nH]c(=O)[nH]c3c2)c(C)c1. The molecule has 0 spiro atoms. The van der Waals surface area contributed by atoms with E-state index in [1.165, 1.54) is 33.7 Å². The largest absolute Gasteiger partial charge is 0.325 e. The number of nitrogens with zero attached hydrogens (tertiary/aromatic N) is 3. The van der Waals surface area contributed by atoms with E-state index in [-0.39, 0.29) is 17.3 Å². The lowest BCUT2D eigenvalue weighted by atomic mass is 10.0. The first kappa shape index (κ1) is 24.7. The van der Waals surface area contributed by atoms with Crippen LogP contribution in [0.5, 0.6) is 0 Å². The fraction of sp³-hybridized carbons (Fsp3) is 0.133. The number of thioether (sulfide) groups is 1. The van der Waals surface area contributed by atoms with Gasteiger partial charge in [0.1, 0.15) is 5.82 Å². The summed E-state index contributed by atoms with van der Waals surface area (Å²) in [6.45, 7) is 4.15. The topological polar surface area (TPSA) is 108 Å². The quantitative estimate of drug-likeness (QED) is 0.234. The van der Waals surface area contributed by atoms with E-state index in [2.05, 4.69) is 92.4 Å². The summed E-state index contributed by atoms with van der Waals surface area (Å²) in [6, 6.07) is 26.2. The summed E-state index contributed by atoms with van der Waals surface area (Å²) in [5, 5.41) is 15.0. The molecule has 2 heterocycles. The average Bonchev–Trinajstić information content (AvgIpc) is 3.49. The molecule has 0 aliphatic rings. The Balaban J connectivity index is 1.29. The highest BCUT2D eigenvalue weighted by Crippen LogP contribution is 2.28. The van der Waals surface area contributed by atoms with Gasteiger partial charge in [0.15, 0.2) is 5.16 Å². The minimum absolute atomic E-state index is 0.152. The van der Waals surface area contributed by atoms with Gasteiger partial charge in [-0.3, -0.25) is 9.36 Å². The molecule has 0 saturated heterocycles. The number of imidazole rings is 1. The number of rotatable bonds is 7. The number of H-pyrrole nitrogens is 2. The number of carbonyl (C=O) groups excluding carboxylic acids is 1. The molecule has 9 heteroatoms. The van der Waals surface area contributed by atoms with Crippen LogP contribution in [0, 0.1) is 13.8 Å². The fourth-order valence-corrected chi connectivity index (χ4v) is 5.62. The van der Waals surface area contributed by atoms with Crippen molar-refractivity contribution in [3.8, 4) is 5.69 Å². The lowest BCUT2D eigenvalue weighted by Gasteiger charge is -2.14. The van der Waals surface area contributed by atoms with Gasteiger partial charge in [-0.1, -0.05) is 71.9 Å². The number of fused-ring (bicyclic) bond motifs is 2. The monoisotopic (exact) mass is 534 g/mol. The summed E-state index contributed by atoms with van der Waals surface area (Å²) >= 11 is 1.34. The maximum Gasteiger partial charge on any atom is 0.323 e. The Morgan fingerprint density at radius 2 is 1.74 bits per heavy atom. The molecule has 0 bridgehead atoms. The third-order valence-electron chi connectivity index (χ3n) is 6.65. The molecule has 0 unspecified atom stereocenters. The third kappa shape index (κ3) is 5.08. The molecule has 0 fully saturated rings. The molecule has 1 amide bonds. The molecule has 0 radical (unpaired) electrons. The Hall–Kier alpha value is -4.63. The molecule has 6 rings (SSSR count). The van der Waals surface area contributed by atoms with E-state index < -0.39 is 0 Å². The van der Waals surface area contributed by atoms with E-state index >= 15 is 0 Å². The zero-order valence-electron chi connectivity index (χ0n) is 21.5. The average molecular weight is 535 g/mol. The maximum atomic E-state index is 12.9. The Kier molecular flexibility index (Phi) is 6.50. The Morgan fingerprint density at radius 1 is 0.923 bits per heavy atom. The van der Waals surface area contributed by atoms with Gasteiger partial charge in [-0.25, -0.2) is 4.79 Å². The molecule has 4 aromatic carbocycles. The van der Waals surface area contributed by atoms with Gasteiger partial charge in [-0.05, 0) is 60.0 Å². The van der Waals surface area contributed by atoms with Crippen LogP contribution in [0.2, 0.25) is 0 Å². The lowest BCUT2D eigenvalue weighted by molar-refractivity contribution is -0.113. The number of aromatic amines is 2. The van der Waals surface area contributed by atoms with Crippen LogP contribution in [0.25, 0.3) is 27.5 Å². The molecule has 0 saturated carbocycles. The molecule has 194 valence electrons. The zero-order chi connectivity index (χ0) is 26.9. The van der Waals surface area contributed by atoms with Crippen LogP contribution in [0.1, 0.15) is 22.5 Å². The van der Waals surface area contributed by atoms with Crippen molar-refractivity contribution in [2.45, 2.75) is 25.4 Å². The van der Waals surface area contributed by atoms with Gasteiger partial charge >= 0.3 is 5.69 Å². The highest BCUT2D eigenvalue weighted by molar-refractivity contribution is 7.99. The molecule has 6 aromatic rings. The summed E-state index contributed by atoms with van der Waals surface area (Å²) in [7, 11) is 0. The molecule has 2 aromatic heterocycles. The second-order valence-electron chi connectivity index (χ2n) is 9.52. The Bertz CT molecular complexity index is 1900. The zero-order valence-corrected chi connectivity index (χ0v) is 22.3. The van der Waals surface area contributed by atoms with E-state index in [0.717, 1.165) is 17.1 Å². The number of amides is 1. The summed E-state index contributed by atoms with van der Waals surface area (Å²) in [6.07, 6.45) is 0.601. The number of aromatic nitrogens is 5. The fourth-order valence-electron chi connectivity index (χ4n) is 4.86. The van der Waals surface area contributed by atoms with Gasteiger partial charge in [0.2, 0.25) is 5.91 Å². The number of hydrogen-bond acceptors (Lipinski definition) is 5. The lowest BCUT2D eigenvalue weighted by Crippen LogP contribution is -2.15. The second-order valence-corrected chi connectivity index (χ2v) is 10.5. The number of hydrogen-bond donors (Lipinski definition) is 3. The standard InChI is InChI=1S/C30H26N6O2S/c1-18-10-13-26(19(2)14-18)36-27(15-21-8-5-7-20-6-3-4-9-23(20)21)34-35-30(36)39-17-28(37)31-22-11-12-24-25(16-22)33-29(38)32-24/h3-14,16H,15,17H2,1-2H3,(H,31,37)(H2,32,33,38). The van der Waals surface area contributed by atoms with Gasteiger partial charge in [0.25, 0.3) is 0 Å². The minimum atomic E-state index is -0.283. The van der Waals surface area contributed by atoms with Crippen LogP contribution < -0.4 is 11.0 Å². The Labute approximate surface area is 228 Å². The van der Waals surface area contributed by atoms with Gasteiger partial charge in [0.05, 0.1) is 22.5 Å². The van der Waals surface area contributed by atoms with Crippen molar-refractivity contribution in [2.24, 2.45) is 0 Å². The van der Waals surface area contributed by atoms with Crippen LogP contribution in [-0.4, -0.2) is 36.4 Å². The molecular weight excluding hydrogens is 508 g/mol. The summed E-state index contributed by atoms with van der Waals surface area (Å²) in [4.78, 5) is 29.8. The first-order chi connectivity index (χ1) is 18.9. The predicted octanol–water partition coefficient (Wildman–Crippen LogP) is 5.53. The third-order valence-corrected chi connectivity index (χ3v) is 7.58. The first-order valence-corrected chi connectivity index (χ1v) is 13.6. The Morgan fingerprint density at radius 3 is 2.62 bits per heavy atom. The van der Waals surface area contributed by atoms with E-state index in [4.69, 9.17) is 0 Å². The van der Waals surface area contributed by atoms with Crippen molar-refractivity contribution < 1.29 is 4.79 Å². The molecule has 0 aliphatic carbocycles. The predicted molar refractivity (Wildman–Crippen MR) is 156 cm³/mol. The van der Waals surface area contributed by atoms with Crippen molar-refractivity contribution >= 4 is 45.2 Å². The van der Waals surface area contributed by atoms with Crippen molar-refractivity contribution in [1.29, 1.82) is 0 Å². The van der Waals surface area contributed by atoms with E-state index in [0.29, 0.717) is 28.3 Å². The van der Waals surface area contributed by atoms with Gasteiger partial charge in [0, 0.05) is 12.1 Å². The maximum absolute atomic E-state index is 12.9. The second kappa shape index (κ2) is 10.3. The number of nitrogens with one attached hydrogen (secondary N) is 3. The summed E-state index contributed by atoms with van der Waals surface area (Å²) < 4.78 is 2.06. The summed E-state index contributed by atoms with van der Waals surface area (Å²) in [5.41, 5.74) is 6.09. The summed E-state index contributed by atoms with van der Waals surface area (Å²) in [5.74, 6) is 0.782. The van der Waals surface area contributed by atoms with E-state index in [1.807, 2.05) is 12.1 Å². The minimum Gasteiger partial charge on any atom is -0.325 e. The normalized spacial score (nSPS) is 11.3. The van der Waals surface area contributed by atoms with Crippen molar-refractivity contribution in [3.63, 3.8) is 0 Å². The molecular formula is C30H26N6O2S. The highest BCUT2D eigenvalue weighted by atomic mass is 32.2. The van der Waals surface area contributed by atoms with Crippen LogP contribution in [0.4, 0.5) is 5.69 Å². The highest BCUT2D eigenvalue weighted by Gasteiger charge is 2.19. The first-order valence-electron chi connectivity index (χ1n) is 12.6. The van der Waals surface area contributed by atoms with Crippen LogP contribution in [0.3, 0.4) is 0 Å². The molecule has 8 nitrogen and oxygen atoms in total. The van der Waals surface area contributed by atoms with Crippen LogP contribution >= 0.6 is 11.8 Å². The molecule has 39 heavy (non-hydrogen) atoms. The van der Waals surface area contributed by atoms with Crippen molar-refractivity contribution in [1.82, 2.24) is 24.7 Å². The smallest absolute Gasteiger partial charge is 0.323 e. The molecule has 0 aliphatic heterocycles. The van der Waals surface area contributed by atoms with Crippen LogP contribution in [0.15, 0.2) is 88.8 Å². The van der Waals surface area contributed by atoms with Crippen molar-refractivity contribution in [3.05, 3.63) is 112 Å². The number of aryl methyl sites for hydroxylation is 2. The van der Waals surface area contributed by atoms with E-state index in [9.17, 15) is 9.59 Å². The number of anilines is 1. The molecule has 3 N–H and O–H groups in total. The van der Waals surface area contributed by atoms with Gasteiger partial charge < -0.3 is 15.3 Å². The van der Waals surface area contributed by atoms with Crippen LogP contribution in [-0.2, 0) is 11.2 Å². The van der Waals surface area contributed by atoms with Gasteiger partial charge in [-0.15, -0.1) is 10.2 Å². The molecule has 0 atom stereocenters. The van der Waals surface area contributed by atoms with Crippen molar-refractivity contribution in [2.75, 3.05) is 11.1 Å². The number of benzene rings is 4.